The first-order valence-corrected chi connectivity index (χ1v) is 9.72. The molecule has 1 N–H and O–H groups in total. The van der Waals surface area contributed by atoms with Crippen LogP contribution in [0.5, 0.6) is 11.5 Å². The highest BCUT2D eigenvalue weighted by atomic mass is 35.5. The van der Waals surface area contributed by atoms with Crippen LogP contribution < -0.4 is 4.74 Å². The summed E-state index contributed by atoms with van der Waals surface area (Å²) in [5.41, 5.74) is 4.59. The van der Waals surface area contributed by atoms with Gasteiger partial charge in [0.05, 0.1) is 41.2 Å². The lowest BCUT2D eigenvalue weighted by molar-refractivity contribution is 0.484. The first-order chi connectivity index (χ1) is 14.6. The molecule has 5 rings (SSSR count). The number of rotatable bonds is 5. The Kier molecular flexibility index (Phi) is 4.44. The minimum absolute atomic E-state index is 0.404. The van der Waals surface area contributed by atoms with Gasteiger partial charge >= 0.3 is 0 Å². The van der Waals surface area contributed by atoms with Crippen LogP contribution in [0.4, 0.5) is 0 Å². The molecule has 0 aliphatic rings. The van der Waals surface area contributed by atoms with Crippen molar-refractivity contribution in [1.82, 2.24) is 29.7 Å². The van der Waals surface area contributed by atoms with Crippen molar-refractivity contribution < 1.29 is 4.74 Å². The fourth-order valence-corrected chi connectivity index (χ4v) is 3.52. The zero-order valence-electron chi connectivity index (χ0n) is 16.1. The average Bonchev–Trinajstić information content (AvgIpc) is 3.35. The van der Waals surface area contributed by atoms with E-state index in [-0.39, 0.29) is 0 Å². The molecule has 0 atom stereocenters. The Labute approximate surface area is 177 Å². The fraction of sp³-hybridized carbons (Fsp3) is 0.0909. The van der Waals surface area contributed by atoms with Gasteiger partial charge in [0.15, 0.2) is 0 Å². The van der Waals surface area contributed by atoms with Crippen molar-refractivity contribution in [1.29, 1.82) is 0 Å². The van der Waals surface area contributed by atoms with Gasteiger partial charge in [-0.2, -0.15) is 5.10 Å². The molecular weight excluding hydrogens is 400 g/mol. The van der Waals surface area contributed by atoms with Crippen molar-refractivity contribution in [3.8, 4) is 22.8 Å². The number of nitrogens with one attached hydrogen (secondary N) is 1. The Morgan fingerprint density at radius 3 is 2.90 bits per heavy atom. The number of fused-ring (bicyclic) bond motifs is 2. The van der Waals surface area contributed by atoms with Crippen molar-refractivity contribution in [2.75, 3.05) is 0 Å². The molecule has 3 aromatic heterocycles. The van der Waals surface area contributed by atoms with Crippen LogP contribution >= 0.6 is 11.6 Å². The second-order valence-corrected chi connectivity index (χ2v) is 7.22. The molecule has 0 aliphatic carbocycles. The molecule has 0 unspecified atom stereocenters. The van der Waals surface area contributed by atoms with Gasteiger partial charge < -0.3 is 9.72 Å². The Morgan fingerprint density at radius 1 is 1.17 bits per heavy atom. The highest BCUT2D eigenvalue weighted by Gasteiger charge is 2.13. The van der Waals surface area contributed by atoms with Gasteiger partial charge in [0.2, 0.25) is 0 Å². The number of H-pyrrole nitrogens is 1. The third kappa shape index (κ3) is 3.29. The Balaban J connectivity index is 1.52. The van der Waals surface area contributed by atoms with E-state index in [0.29, 0.717) is 39.8 Å². The van der Waals surface area contributed by atoms with E-state index in [1.807, 2.05) is 37.4 Å². The number of nitrogens with zero attached hydrogens (tertiary/aromatic N) is 5. The number of allylic oxidation sites excluding steroid dienone is 1. The minimum Gasteiger partial charge on any atom is -0.456 e. The normalized spacial score (nSPS) is 11.3. The predicted octanol–water partition coefficient (Wildman–Crippen LogP) is 5.31. The molecule has 3 heterocycles. The molecule has 0 saturated carbocycles. The van der Waals surface area contributed by atoms with Gasteiger partial charge in [-0.15, -0.1) is 6.58 Å². The molecule has 2 aromatic carbocycles. The van der Waals surface area contributed by atoms with Crippen LogP contribution in [0.1, 0.15) is 5.82 Å². The summed E-state index contributed by atoms with van der Waals surface area (Å²) in [6, 6.07) is 9.30. The second-order valence-electron chi connectivity index (χ2n) is 6.84. The number of benzene rings is 2. The van der Waals surface area contributed by atoms with E-state index >= 15 is 0 Å². The third-order valence-corrected chi connectivity index (χ3v) is 5.03. The summed E-state index contributed by atoms with van der Waals surface area (Å²) in [5.74, 6) is 2.01. The largest absolute Gasteiger partial charge is 0.456 e. The molecule has 5 aromatic rings. The van der Waals surface area contributed by atoms with Crippen molar-refractivity contribution >= 4 is 33.7 Å². The molecule has 0 amide bonds. The maximum atomic E-state index is 6.65. The van der Waals surface area contributed by atoms with Gasteiger partial charge in [0.1, 0.15) is 27.9 Å². The molecular formula is C22H17ClN6O. The first kappa shape index (κ1) is 18.3. The zero-order valence-corrected chi connectivity index (χ0v) is 16.9. The summed E-state index contributed by atoms with van der Waals surface area (Å²) in [7, 11) is 0. The van der Waals surface area contributed by atoms with Crippen molar-refractivity contribution in [2.45, 2.75) is 13.5 Å². The second kappa shape index (κ2) is 7.27. The summed E-state index contributed by atoms with van der Waals surface area (Å²) < 4.78 is 7.82. The average molecular weight is 417 g/mol. The maximum absolute atomic E-state index is 6.65. The number of ether oxygens (including phenoxy) is 1. The molecule has 0 bridgehead atoms. The van der Waals surface area contributed by atoms with Crippen molar-refractivity contribution in [3.05, 3.63) is 72.4 Å². The molecule has 0 spiro atoms. The number of aromatic nitrogens is 6. The Bertz CT molecular complexity index is 1400. The zero-order chi connectivity index (χ0) is 20.7. The summed E-state index contributed by atoms with van der Waals surface area (Å²) in [4.78, 5) is 16.8. The highest BCUT2D eigenvalue weighted by molar-refractivity contribution is 6.36. The van der Waals surface area contributed by atoms with Gasteiger partial charge in [-0.25, -0.2) is 9.97 Å². The van der Waals surface area contributed by atoms with Gasteiger partial charge in [-0.3, -0.25) is 9.67 Å². The van der Waals surface area contributed by atoms with Crippen LogP contribution in [-0.4, -0.2) is 29.7 Å². The lowest BCUT2D eigenvalue weighted by Gasteiger charge is -2.10. The lowest BCUT2D eigenvalue weighted by Crippen LogP contribution is -1.94. The fourth-order valence-electron chi connectivity index (χ4n) is 3.28. The van der Waals surface area contributed by atoms with E-state index in [1.165, 1.54) is 0 Å². The molecule has 7 nitrogen and oxygen atoms in total. The topological polar surface area (TPSA) is 81.5 Å². The number of hydrogen-bond acceptors (Lipinski definition) is 5. The predicted molar refractivity (Wildman–Crippen MR) is 117 cm³/mol. The Morgan fingerprint density at radius 2 is 2.03 bits per heavy atom. The van der Waals surface area contributed by atoms with Gasteiger partial charge in [-0.1, -0.05) is 17.7 Å². The number of halogens is 1. The molecule has 0 saturated heterocycles. The molecule has 8 heteroatoms. The maximum Gasteiger partial charge on any atom is 0.148 e. The molecule has 0 aliphatic heterocycles. The van der Waals surface area contributed by atoms with Gasteiger partial charge in [-0.05, 0) is 31.2 Å². The van der Waals surface area contributed by atoms with Crippen molar-refractivity contribution in [2.24, 2.45) is 0 Å². The number of imidazole rings is 1. The summed E-state index contributed by atoms with van der Waals surface area (Å²) in [6.07, 6.45) is 7.14. The van der Waals surface area contributed by atoms with E-state index in [4.69, 9.17) is 21.3 Å². The molecule has 148 valence electrons. The number of aromatic amines is 1. The SMILES string of the molecule is C=CCn1cc(-c2cnc3ccc(Oc4ccc5nc(C)[nH]c5c4)c(Cl)c3n2)cn1. The molecule has 30 heavy (non-hydrogen) atoms. The van der Waals surface area contributed by atoms with Gasteiger partial charge in [0, 0.05) is 17.8 Å². The molecule has 0 radical (unpaired) electrons. The van der Waals surface area contributed by atoms with Crippen LogP contribution in [0, 0.1) is 6.92 Å². The first-order valence-electron chi connectivity index (χ1n) is 9.34. The quantitative estimate of drug-likeness (QED) is 0.392. The van der Waals surface area contributed by atoms with Crippen LogP contribution in [0.25, 0.3) is 33.3 Å². The van der Waals surface area contributed by atoms with E-state index < -0.39 is 0 Å². The highest BCUT2D eigenvalue weighted by Crippen LogP contribution is 2.35. The van der Waals surface area contributed by atoms with E-state index in [2.05, 4.69) is 26.6 Å². The minimum atomic E-state index is 0.404. The van der Waals surface area contributed by atoms with Crippen LogP contribution in [0.3, 0.4) is 0 Å². The molecule has 0 fully saturated rings. The summed E-state index contributed by atoms with van der Waals surface area (Å²) in [6.45, 7) is 6.27. The van der Waals surface area contributed by atoms with Gasteiger partial charge in [0.25, 0.3) is 0 Å². The third-order valence-electron chi connectivity index (χ3n) is 4.66. The Hall–Kier alpha value is -3.71. The van der Waals surface area contributed by atoms with Crippen LogP contribution in [0.2, 0.25) is 5.02 Å². The van der Waals surface area contributed by atoms with Crippen LogP contribution in [-0.2, 0) is 6.54 Å². The standard InChI is InChI=1S/C22H17ClN6O/c1-3-8-29-12-14(10-25-29)19-11-24-17-6-7-20(21(23)22(17)28-19)30-15-4-5-16-18(9-15)27-13(2)26-16/h3-7,9-12H,1,8H2,2H3,(H,26,27). The van der Waals surface area contributed by atoms with Crippen molar-refractivity contribution in [3.63, 3.8) is 0 Å². The summed E-state index contributed by atoms with van der Waals surface area (Å²) in [5, 5.41) is 4.70. The lowest BCUT2D eigenvalue weighted by atomic mass is 10.2. The van der Waals surface area contributed by atoms with E-state index in [1.54, 1.807) is 29.2 Å². The number of hydrogen-bond donors (Lipinski definition) is 1. The van der Waals surface area contributed by atoms with Crippen LogP contribution in [0.15, 0.2) is 61.6 Å². The van der Waals surface area contributed by atoms with E-state index in [9.17, 15) is 0 Å². The monoisotopic (exact) mass is 416 g/mol. The van der Waals surface area contributed by atoms with E-state index in [0.717, 1.165) is 22.4 Å². The smallest absolute Gasteiger partial charge is 0.148 e. The summed E-state index contributed by atoms with van der Waals surface area (Å²) >= 11 is 6.65. The number of aryl methyl sites for hydroxylation is 1.